The van der Waals surface area contributed by atoms with Gasteiger partial charge in [-0.1, -0.05) is 36.4 Å². The van der Waals surface area contributed by atoms with Crippen LogP contribution in [-0.2, 0) is 17.8 Å². The highest BCUT2D eigenvalue weighted by Crippen LogP contribution is 2.36. The van der Waals surface area contributed by atoms with Crippen LogP contribution < -0.4 is 5.01 Å². The Morgan fingerprint density at radius 2 is 1.68 bits per heavy atom. The Balaban J connectivity index is 1.57. The lowest BCUT2D eigenvalue weighted by atomic mass is 9.93. The Bertz CT molecular complexity index is 1360. The molecule has 2 unspecified atom stereocenters. The molecule has 0 aliphatic carbocycles. The maximum atomic E-state index is 14.4. The number of anilines is 1. The van der Waals surface area contributed by atoms with E-state index in [1.807, 2.05) is 19.1 Å². The van der Waals surface area contributed by atoms with Gasteiger partial charge in [-0.15, -0.1) is 0 Å². The Labute approximate surface area is 216 Å². The van der Waals surface area contributed by atoms with Gasteiger partial charge in [-0.25, -0.2) is 4.39 Å². The molecule has 1 aliphatic heterocycles. The number of rotatable bonds is 8. The number of aliphatic hydroxyl groups excluding tert-OH is 2. The summed E-state index contributed by atoms with van der Waals surface area (Å²) in [5.74, 6) is -3.17. The summed E-state index contributed by atoms with van der Waals surface area (Å²) in [7, 11) is 0. The minimum Gasteiger partial charge on any atom is -0.481 e. The fraction of sp³-hybridized carbons (Fsp3) is 0.286. The first kappa shape index (κ1) is 27.3. The SMILES string of the molecule is Cc1cc(-c2cc(CO)ccc2F)ccc1Cc1ccc(N2N=C(C(F)(F)F)C(CO)C2CC(=O)O)cc1. The second-order valence-electron chi connectivity index (χ2n) is 9.24. The summed E-state index contributed by atoms with van der Waals surface area (Å²) < 4.78 is 54.8. The molecule has 3 N–H and O–H groups in total. The van der Waals surface area contributed by atoms with Gasteiger partial charge in [0.1, 0.15) is 11.5 Å². The summed E-state index contributed by atoms with van der Waals surface area (Å²) >= 11 is 0. The van der Waals surface area contributed by atoms with E-state index in [4.69, 9.17) is 0 Å². The zero-order valence-electron chi connectivity index (χ0n) is 20.4. The lowest BCUT2D eigenvalue weighted by Gasteiger charge is -2.26. The Kier molecular flexibility index (Phi) is 7.84. The second kappa shape index (κ2) is 10.9. The van der Waals surface area contributed by atoms with Gasteiger partial charge < -0.3 is 15.3 Å². The fourth-order valence-electron chi connectivity index (χ4n) is 4.69. The van der Waals surface area contributed by atoms with Crippen LogP contribution >= 0.6 is 0 Å². The van der Waals surface area contributed by atoms with E-state index in [1.165, 1.54) is 12.1 Å². The molecule has 0 bridgehead atoms. The summed E-state index contributed by atoms with van der Waals surface area (Å²) in [5.41, 5.74) is 3.46. The molecule has 0 saturated carbocycles. The molecule has 0 fully saturated rings. The number of hydrogen-bond donors (Lipinski definition) is 3. The van der Waals surface area contributed by atoms with Gasteiger partial charge in [0.15, 0.2) is 0 Å². The molecule has 3 aromatic rings. The maximum absolute atomic E-state index is 14.4. The lowest BCUT2D eigenvalue weighted by molar-refractivity contribution is -0.137. The van der Waals surface area contributed by atoms with Gasteiger partial charge in [0, 0.05) is 5.56 Å². The van der Waals surface area contributed by atoms with Crippen molar-refractivity contribution in [1.82, 2.24) is 0 Å². The number of carbonyl (C=O) groups is 1. The van der Waals surface area contributed by atoms with Crippen LogP contribution in [0.1, 0.15) is 28.7 Å². The van der Waals surface area contributed by atoms with Crippen molar-refractivity contribution in [1.29, 1.82) is 0 Å². The topological polar surface area (TPSA) is 93.4 Å². The molecule has 3 aromatic carbocycles. The Morgan fingerprint density at radius 1 is 1.00 bits per heavy atom. The van der Waals surface area contributed by atoms with E-state index in [0.29, 0.717) is 23.1 Å². The van der Waals surface area contributed by atoms with Crippen LogP contribution in [-0.4, -0.2) is 45.8 Å². The number of alkyl halides is 3. The second-order valence-corrected chi connectivity index (χ2v) is 9.24. The third-order valence-corrected chi connectivity index (χ3v) is 6.68. The van der Waals surface area contributed by atoms with Crippen LogP contribution in [0, 0.1) is 18.7 Å². The third kappa shape index (κ3) is 5.71. The smallest absolute Gasteiger partial charge is 0.431 e. The fourth-order valence-corrected chi connectivity index (χ4v) is 4.69. The van der Waals surface area contributed by atoms with Gasteiger partial charge in [-0.05, 0) is 65.4 Å². The van der Waals surface area contributed by atoms with Crippen molar-refractivity contribution in [2.75, 3.05) is 11.6 Å². The highest BCUT2D eigenvalue weighted by molar-refractivity contribution is 5.96. The molecular weight excluding hydrogens is 504 g/mol. The molecule has 2 atom stereocenters. The zero-order valence-corrected chi connectivity index (χ0v) is 20.4. The first-order valence-corrected chi connectivity index (χ1v) is 11.9. The van der Waals surface area contributed by atoms with Crippen molar-refractivity contribution < 1.29 is 37.7 Å². The highest BCUT2D eigenvalue weighted by Gasteiger charge is 2.50. The molecule has 0 radical (unpaired) electrons. The highest BCUT2D eigenvalue weighted by atomic mass is 19.4. The van der Waals surface area contributed by atoms with E-state index >= 15 is 0 Å². The van der Waals surface area contributed by atoms with Gasteiger partial charge >= 0.3 is 12.1 Å². The van der Waals surface area contributed by atoms with Crippen LogP contribution in [0.5, 0.6) is 0 Å². The molecular formula is C28H26F4N2O4. The molecule has 6 nitrogen and oxygen atoms in total. The quantitative estimate of drug-likeness (QED) is 0.354. The number of carboxylic acid groups (broad SMARTS) is 1. The number of aryl methyl sites for hydroxylation is 1. The zero-order chi connectivity index (χ0) is 27.6. The molecule has 200 valence electrons. The summed E-state index contributed by atoms with van der Waals surface area (Å²) in [6.45, 7) is 0.816. The standard InChI is InChI=1S/C28H26F4N2O4/c1-16-10-20(22-12-18(14-35)4-9-24(22)29)6-5-19(16)11-17-2-7-21(8-3-17)34-25(13-26(37)38)23(15-36)27(33-34)28(30,31)32/h2-10,12,23,25,35-36H,11,13-15H2,1H3,(H,37,38). The number of aliphatic carboxylic acids is 1. The minimum absolute atomic E-state index is 0.196. The van der Waals surface area contributed by atoms with Gasteiger partial charge in [0.2, 0.25) is 0 Å². The largest absolute Gasteiger partial charge is 0.481 e. The van der Waals surface area contributed by atoms with E-state index in [9.17, 15) is 37.7 Å². The Hall–Kier alpha value is -3.76. The van der Waals surface area contributed by atoms with Crippen molar-refractivity contribution in [2.24, 2.45) is 11.0 Å². The van der Waals surface area contributed by atoms with Gasteiger partial charge in [-0.3, -0.25) is 9.80 Å². The summed E-state index contributed by atoms with van der Waals surface area (Å²) in [6.07, 6.45) is -4.92. The number of aliphatic hydroxyl groups is 2. The average Bonchev–Trinajstić information content (AvgIpc) is 3.24. The number of halogens is 4. The van der Waals surface area contributed by atoms with E-state index in [2.05, 4.69) is 5.10 Å². The van der Waals surface area contributed by atoms with Gasteiger partial charge in [0.25, 0.3) is 0 Å². The average molecular weight is 531 g/mol. The van der Waals surface area contributed by atoms with Crippen molar-refractivity contribution in [2.45, 2.75) is 38.6 Å². The van der Waals surface area contributed by atoms with Crippen LogP contribution in [0.4, 0.5) is 23.2 Å². The predicted octanol–water partition coefficient (Wildman–Crippen LogP) is 5.07. The summed E-state index contributed by atoms with van der Waals surface area (Å²) in [5, 5.41) is 32.9. The number of nitrogens with zero attached hydrogens (tertiary/aromatic N) is 2. The van der Waals surface area contributed by atoms with Crippen LogP contribution in [0.15, 0.2) is 65.8 Å². The van der Waals surface area contributed by atoms with Gasteiger partial charge in [0.05, 0.1) is 37.3 Å². The van der Waals surface area contributed by atoms with Crippen molar-refractivity contribution in [3.05, 3.63) is 88.7 Å². The van der Waals surface area contributed by atoms with Crippen molar-refractivity contribution in [3.8, 4) is 11.1 Å². The number of hydrazone groups is 1. The molecule has 0 saturated heterocycles. The summed E-state index contributed by atoms with van der Waals surface area (Å²) in [4.78, 5) is 11.3. The maximum Gasteiger partial charge on any atom is 0.431 e. The Morgan fingerprint density at radius 3 is 2.26 bits per heavy atom. The van der Waals surface area contributed by atoms with E-state index < -0.39 is 48.7 Å². The molecule has 10 heteroatoms. The number of hydrogen-bond acceptors (Lipinski definition) is 5. The van der Waals surface area contributed by atoms with E-state index in [1.54, 1.807) is 36.4 Å². The number of carboxylic acids is 1. The first-order valence-electron chi connectivity index (χ1n) is 11.9. The molecule has 38 heavy (non-hydrogen) atoms. The molecule has 4 rings (SSSR count). The third-order valence-electron chi connectivity index (χ3n) is 6.68. The normalized spacial score (nSPS) is 17.6. The van der Waals surface area contributed by atoms with Gasteiger partial charge in [-0.2, -0.15) is 18.3 Å². The van der Waals surface area contributed by atoms with Crippen LogP contribution in [0.2, 0.25) is 0 Å². The van der Waals surface area contributed by atoms with Crippen molar-refractivity contribution >= 4 is 17.4 Å². The summed E-state index contributed by atoms with van der Waals surface area (Å²) in [6, 6.07) is 15.4. The van der Waals surface area contributed by atoms with E-state index in [0.717, 1.165) is 21.7 Å². The lowest BCUT2D eigenvalue weighted by Crippen LogP contribution is -2.40. The number of benzene rings is 3. The van der Waals surface area contributed by atoms with Crippen molar-refractivity contribution in [3.63, 3.8) is 0 Å². The van der Waals surface area contributed by atoms with E-state index in [-0.39, 0.29) is 12.3 Å². The predicted molar refractivity (Wildman–Crippen MR) is 134 cm³/mol. The molecule has 1 heterocycles. The van der Waals surface area contributed by atoms with Crippen LogP contribution in [0.25, 0.3) is 11.1 Å². The monoisotopic (exact) mass is 530 g/mol. The molecule has 0 aromatic heterocycles. The molecule has 0 amide bonds. The van der Waals surface area contributed by atoms with Crippen LogP contribution in [0.3, 0.4) is 0 Å². The molecule has 0 spiro atoms. The minimum atomic E-state index is -4.80. The first-order chi connectivity index (χ1) is 18.0. The molecule has 1 aliphatic rings.